The highest BCUT2D eigenvalue weighted by Gasteiger charge is 2.38. The average molecular weight is 290 g/mol. The maximum absolute atomic E-state index is 13.5. The number of carbonyl (C=O) groups excluding carboxylic acids is 1. The van der Waals surface area contributed by atoms with Crippen molar-refractivity contribution in [1.29, 1.82) is 0 Å². The Morgan fingerprint density at radius 2 is 2.00 bits per heavy atom. The number of benzene rings is 1. The molecular weight excluding hydrogens is 276 g/mol. The van der Waals surface area contributed by atoms with Crippen molar-refractivity contribution in [3.05, 3.63) is 35.1 Å². The van der Waals surface area contributed by atoms with Crippen molar-refractivity contribution in [2.24, 2.45) is 5.73 Å². The highest BCUT2D eigenvalue weighted by molar-refractivity contribution is 5.95. The lowest BCUT2D eigenvalue weighted by Gasteiger charge is -2.41. The van der Waals surface area contributed by atoms with Crippen molar-refractivity contribution in [3.63, 3.8) is 0 Å². The van der Waals surface area contributed by atoms with Crippen molar-refractivity contribution < 1.29 is 22.4 Å². The maximum atomic E-state index is 13.5. The second kappa shape index (κ2) is 5.05. The Hall–Kier alpha value is -1.63. The van der Waals surface area contributed by atoms with E-state index in [9.17, 15) is 22.4 Å². The summed E-state index contributed by atoms with van der Waals surface area (Å²) >= 11 is 0. The topological polar surface area (TPSA) is 55.1 Å². The van der Waals surface area contributed by atoms with Crippen LogP contribution in [0.15, 0.2) is 18.2 Å². The lowest BCUT2D eigenvalue weighted by molar-refractivity contribution is -0.137. The van der Waals surface area contributed by atoms with E-state index in [0.717, 1.165) is 6.42 Å². The number of carbonyl (C=O) groups is 1. The van der Waals surface area contributed by atoms with Crippen LogP contribution in [-0.4, -0.2) is 18.0 Å². The summed E-state index contributed by atoms with van der Waals surface area (Å²) in [6, 6.07) is 1.77. The van der Waals surface area contributed by atoms with Gasteiger partial charge in [-0.15, -0.1) is 0 Å². The van der Waals surface area contributed by atoms with Gasteiger partial charge in [-0.25, -0.2) is 4.39 Å². The molecule has 20 heavy (non-hydrogen) atoms. The first-order chi connectivity index (χ1) is 9.27. The molecule has 1 aromatic rings. The molecule has 0 heterocycles. The fourth-order valence-corrected chi connectivity index (χ4v) is 2.17. The molecule has 1 aromatic carbocycles. The Morgan fingerprint density at radius 3 is 2.45 bits per heavy atom. The summed E-state index contributed by atoms with van der Waals surface area (Å²) < 4.78 is 51.3. The second-order valence-corrected chi connectivity index (χ2v) is 4.98. The Labute approximate surface area is 113 Å². The third kappa shape index (κ3) is 2.77. The highest BCUT2D eigenvalue weighted by atomic mass is 19.4. The Morgan fingerprint density at radius 1 is 1.35 bits per heavy atom. The van der Waals surface area contributed by atoms with Crippen LogP contribution in [0.25, 0.3) is 0 Å². The minimum absolute atomic E-state index is 0.180. The number of halogens is 4. The molecule has 1 amide bonds. The number of rotatable bonds is 3. The number of amides is 1. The third-order valence-corrected chi connectivity index (χ3v) is 3.62. The van der Waals surface area contributed by atoms with E-state index in [1.165, 1.54) is 0 Å². The second-order valence-electron chi connectivity index (χ2n) is 4.98. The molecule has 3 N–H and O–H groups in total. The van der Waals surface area contributed by atoms with Gasteiger partial charge in [0.15, 0.2) is 0 Å². The van der Waals surface area contributed by atoms with Gasteiger partial charge in [-0.1, -0.05) is 0 Å². The van der Waals surface area contributed by atoms with Gasteiger partial charge in [0.2, 0.25) is 0 Å². The maximum Gasteiger partial charge on any atom is 0.416 e. The Balaban J connectivity index is 2.25. The molecule has 0 aliphatic heterocycles. The van der Waals surface area contributed by atoms with E-state index >= 15 is 0 Å². The molecule has 0 radical (unpaired) electrons. The number of nitrogens with two attached hydrogens (primary N) is 1. The summed E-state index contributed by atoms with van der Waals surface area (Å²) in [7, 11) is 0. The zero-order valence-electron chi connectivity index (χ0n) is 10.6. The van der Waals surface area contributed by atoms with Gasteiger partial charge in [-0.05, 0) is 37.5 Å². The minimum Gasteiger partial charge on any atom is -0.345 e. The summed E-state index contributed by atoms with van der Waals surface area (Å²) in [5, 5.41) is 2.54. The van der Waals surface area contributed by atoms with Gasteiger partial charge >= 0.3 is 6.18 Å². The normalized spacial score (nSPS) is 17.4. The SMILES string of the molecule is NCC1(NC(=O)c2cc(C(F)(F)F)ccc2F)CCC1. The van der Waals surface area contributed by atoms with Crippen LogP contribution >= 0.6 is 0 Å². The predicted octanol–water partition coefficient (Wildman–Crippen LogP) is 2.46. The van der Waals surface area contributed by atoms with E-state index in [2.05, 4.69) is 5.32 Å². The van der Waals surface area contributed by atoms with Crippen molar-refractivity contribution in [1.82, 2.24) is 5.32 Å². The molecule has 1 saturated carbocycles. The zero-order valence-corrected chi connectivity index (χ0v) is 10.6. The minimum atomic E-state index is -4.62. The molecule has 7 heteroatoms. The van der Waals surface area contributed by atoms with Gasteiger partial charge in [-0.3, -0.25) is 4.79 Å². The zero-order chi connectivity index (χ0) is 15.0. The van der Waals surface area contributed by atoms with E-state index in [4.69, 9.17) is 5.73 Å². The Kier molecular flexibility index (Phi) is 3.73. The molecule has 0 unspecified atom stereocenters. The molecule has 1 aliphatic rings. The van der Waals surface area contributed by atoms with Gasteiger partial charge in [0, 0.05) is 6.54 Å². The Bertz CT molecular complexity index is 518. The van der Waals surface area contributed by atoms with Gasteiger partial charge in [0.25, 0.3) is 5.91 Å². The molecule has 0 bridgehead atoms. The van der Waals surface area contributed by atoms with E-state index in [1.54, 1.807) is 0 Å². The summed E-state index contributed by atoms with van der Waals surface area (Å²) in [5.74, 6) is -1.85. The van der Waals surface area contributed by atoms with Crippen LogP contribution in [0.1, 0.15) is 35.2 Å². The monoisotopic (exact) mass is 290 g/mol. The van der Waals surface area contributed by atoms with Gasteiger partial charge < -0.3 is 11.1 Å². The number of nitrogens with one attached hydrogen (secondary N) is 1. The first-order valence-electron chi connectivity index (χ1n) is 6.17. The molecule has 0 aromatic heterocycles. The molecule has 1 aliphatic carbocycles. The lowest BCUT2D eigenvalue weighted by Crippen LogP contribution is -2.58. The van der Waals surface area contributed by atoms with Crippen LogP contribution in [-0.2, 0) is 6.18 Å². The van der Waals surface area contributed by atoms with Crippen LogP contribution in [0, 0.1) is 5.82 Å². The van der Waals surface area contributed by atoms with Crippen molar-refractivity contribution in [2.45, 2.75) is 31.0 Å². The van der Waals surface area contributed by atoms with E-state index in [-0.39, 0.29) is 6.54 Å². The summed E-state index contributed by atoms with van der Waals surface area (Å²) in [6.45, 7) is 0.180. The number of hydrogen-bond acceptors (Lipinski definition) is 2. The first kappa shape index (κ1) is 14.8. The van der Waals surface area contributed by atoms with Crippen LogP contribution in [0.3, 0.4) is 0 Å². The highest BCUT2D eigenvalue weighted by Crippen LogP contribution is 2.32. The number of alkyl halides is 3. The van der Waals surface area contributed by atoms with Crippen LogP contribution < -0.4 is 11.1 Å². The first-order valence-corrected chi connectivity index (χ1v) is 6.17. The number of hydrogen-bond donors (Lipinski definition) is 2. The molecule has 0 spiro atoms. The summed E-state index contributed by atoms with van der Waals surface area (Å²) in [6.07, 6.45) is -2.45. The van der Waals surface area contributed by atoms with E-state index in [1.807, 2.05) is 0 Å². The van der Waals surface area contributed by atoms with Crippen molar-refractivity contribution >= 4 is 5.91 Å². The third-order valence-electron chi connectivity index (χ3n) is 3.62. The fourth-order valence-electron chi connectivity index (χ4n) is 2.17. The largest absolute Gasteiger partial charge is 0.416 e. The fraction of sp³-hybridized carbons (Fsp3) is 0.462. The summed E-state index contributed by atoms with van der Waals surface area (Å²) in [5.41, 5.74) is 3.26. The van der Waals surface area contributed by atoms with Crippen LogP contribution in [0.4, 0.5) is 17.6 Å². The lowest BCUT2D eigenvalue weighted by atomic mass is 9.76. The standard InChI is InChI=1S/C13H14F4N2O/c14-10-3-2-8(13(15,16)17)6-9(10)11(20)19-12(7-18)4-1-5-12/h2-3,6H,1,4-5,7,18H2,(H,19,20). The molecule has 0 atom stereocenters. The molecular formula is C13H14F4N2O. The molecule has 0 saturated heterocycles. The van der Waals surface area contributed by atoms with E-state index in [0.29, 0.717) is 31.0 Å². The summed E-state index contributed by atoms with van der Waals surface area (Å²) in [4.78, 5) is 11.9. The van der Waals surface area contributed by atoms with Crippen molar-refractivity contribution in [2.75, 3.05) is 6.54 Å². The quantitative estimate of drug-likeness (QED) is 0.840. The molecule has 110 valence electrons. The van der Waals surface area contributed by atoms with Gasteiger partial charge in [0.1, 0.15) is 5.82 Å². The average Bonchev–Trinajstić information content (AvgIpc) is 2.32. The molecule has 3 nitrogen and oxygen atoms in total. The molecule has 1 fully saturated rings. The van der Waals surface area contributed by atoms with Crippen LogP contribution in [0.5, 0.6) is 0 Å². The van der Waals surface area contributed by atoms with Gasteiger partial charge in [-0.2, -0.15) is 13.2 Å². The van der Waals surface area contributed by atoms with E-state index < -0.39 is 34.6 Å². The van der Waals surface area contributed by atoms with Gasteiger partial charge in [0.05, 0.1) is 16.7 Å². The predicted molar refractivity (Wildman–Crippen MR) is 64.5 cm³/mol. The molecule has 2 rings (SSSR count). The van der Waals surface area contributed by atoms with Crippen molar-refractivity contribution in [3.8, 4) is 0 Å². The van der Waals surface area contributed by atoms with Crippen LogP contribution in [0.2, 0.25) is 0 Å². The smallest absolute Gasteiger partial charge is 0.345 e.